The Morgan fingerprint density at radius 2 is 1.89 bits per heavy atom. The molecule has 0 aliphatic carbocycles. The van der Waals surface area contributed by atoms with Gasteiger partial charge >= 0.3 is 12.1 Å². The van der Waals surface area contributed by atoms with Gasteiger partial charge in [0.25, 0.3) is 0 Å². The SMILES string of the molecule is Nc1ccc(C(O)C(O)C(=O)O)c(C(F)(F)F)n1. The fourth-order valence-electron chi connectivity index (χ4n) is 1.26. The van der Waals surface area contributed by atoms with Gasteiger partial charge in [-0.05, 0) is 6.07 Å². The van der Waals surface area contributed by atoms with E-state index in [1.807, 2.05) is 0 Å². The monoisotopic (exact) mass is 266 g/mol. The molecule has 18 heavy (non-hydrogen) atoms. The van der Waals surface area contributed by atoms with Crippen LogP contribution in [0.3, 0.4) is 0 Å². The lowest BCUT2D eigenvalue weighted by Crippen LogP contribution is -2.29. The summed E-state index contributed by atoms with van der Waals surface area (Å²) in [7, 11) is 0. The van der Waals surface area contributed by atoms with Crippen LogP contribution < -0.4 is 5.73 Å². The predicted octanol–water partition coefficient (Wildman–Crippen LogP) is 0.162. The molecule has 5 N–H and O–H groups in total. The molecule has 0 bridgehead atoms. The molecule has 1 rings (SSSR count). The highest BCUT2D eigenvalue weighted by Gasteiger charge is 2.39. The maximum absolute atomic E-state index is 12.6. The van der Waals surface area contributed by atoms with Crippen molar-refractivity contribution in [2.24, 2.45) is 0 Å². The molecule has 0 amide bonds. The maximum Gasteiger partial charge on any atom is 0.433 e. The first-order valence-electron chi connectivity index (χ1n) is 4.57. The summed E-state index contributed by atoms with van der Waals surface area (Å²) in [6, 6.07) is 1.73. The molecular formula is C9H9F3N2O4. The fraction of sp³-hybridized carbons (Fsp3) is 0.333. The molecule has 9 heteroatoms. The average Bonchev–Trinajstić information content (AvgIpc) is 2.25. The third-order valence-corrected chi connectivity index (χ3v) is 2.09. The first-order chi connectivity index (χ1) is 8.14. The van der Waals surface area contributed by atoms with Crippen molar-refractivity contribution in [1.82, 2.24) is 4.98 Å². The Kier molecular flexibility index (Phi) is 3.77. The third-order valence-electron chi connectivity index (χ3n) is 2.09. The van der Waals surface area contributed by atoms with Crippen LogP contribution in [-0.4, -0.2) is 32.4 Å². The van der Waals surface area contributed by atoms with Crippen molar-refractivity contribution in [1.29, 1.82) is 0 Å². The zero-order chi connectivity index (χ0) is 14.1. The number of aliphatic carboxylic acids is 1. The van der Waals surface area contributed by atoms with E-state index < -0.39 is 41.4 Å². The summed E-state index contributed by atoms with van der Waals surface area (Å²) in [4.78, 5) is 13.4. The largest absolute Gasteiger partial charge is 0.479 e. The number of nitrogens with two attached hydrogens (primary N) is 1. The van der Waals surface area contributed by atoms with Crippen LogP contribution in [0.25, 0.3) is 0 Å². The lowest BCUT2D eigenvalue weighted by molar-refractivity contribution is -0.155. The van der Waals surface area contributed by atoms with Gasteiger partial charge in [-0.3, -0.25) is 0 Å². The molecule has 0 saturated heterocycles. The van der Waals surface area contributed by atoms with Crippen molar-refractivity contribution in [3.8, 4) is 0 Å². The number of pyridine rings is 1. The highest BCUT2D eigenvalue weighted by molar-refractivity contribution is 5.73. The number of nitrogens with zero attached hydrogens (tertiary/aromatic N) is 1. The standard InChI is InChI=1S/C9H9F3N2O4/c10-9(11,12)7-3(1-2-4(13)14-7)5(15)6(16)8(17)18/h1-2,5-6,15-16H,(H2,13,14)(H,17,18). The second-order valence-electron chi connectivity index (χ2n) is 3.40. The van der Waals surface area contributed by atoms with Gasteiger partial charge in [-0.25, -0.2) is 9.78 Å². The third kappa shape index (κ3) is 2.87. The molecule has 0 aromatic carbocycles. The minimum atomic E-state index is -4.93. The van der Waals surface area contributed by atoms with Crippen LogP contribution in [-0.2, 0) is 11.0 Å². The van der Waals surface area contributed by atoms with Gasteiger partial charge in [0.15, 0.2) is 11.8 Å². The van der Waals surface area contributed by atoms with E-state index in [1.165, 1.54) is 0 Å². The minimum absolute atomic E-state index is 0.442. The zero-order valence-electron chi connectivity index (χ0n) is 8.72. The van der Waals surface area contributed by atoms with Gasteiger partial charge in [0.05, 0.1) is 0 Å². The van der Waals surface area contributed by atoms with E-state index in [-0.39, 0.29) is 0 Å². The van der Waals surface area contributed by atoms with E-state index in [0.29, 0.717) is 0 Å². The van der Waals surface area contributed by atoms with E-state index in [1.54, 1.807) is 0 Å². The summed E-state index contributed by atoms with van der Waals surface area (Å²) in [6.45, 7) is 0. The Morgan fingerprint density at radius 1 is 1.33 bits per heavy atom. The number of carbonyl (C=O) groups is 1. The first-order valence-corrected chi connectivity index (χ1v) is 4.57. The molecule has 1 aromatic rings. The summed E-state index contributed by atoms with van der Waals surface area (Å²) in [5.41, 5.74) is 2.70. The maximum atomic E-state index is 12.6. The quantitative estimate of drug-likeness (QED) is 0.619. The number of hydrogen-bond donors (Lipinski definition) is 4. The van der Waals surface area contributed by atoms with Gasteiger partial charge < -0.3 is 21.1 Å². The summed E-state index contributed by atoms with van der Waals surface area (Å²) >= 11 is 0. The van der Waals surface area contributed by atoms with Gasteiger partial charge in [0.1, 0.15) is 11.9 Å². The van der Waals surface area contributed by atoms with Gasteiger partial charge in [-0.15, -0.1) is 0 Å². The Labute approximate surface area is 98.5 Å². The predicted molar refractivity (Wildman–Crippen MR) is 52.3 cm³/mol. The van der Waals surface area contributed by atoms with Gasteiger partial charge in [-0.1, -0.05) is 6.07 Å². The molecule has 0 saturated carbocycles. The molecule has 2 atom stereocenters. The Balaban J connectivity index is 3.28. The summed E-state index contributed by atoms with van der Waals surface area (Å²) in [5.74, 6) is -2.30. The highest BCUT2D eigenvalue weighted by atomic mass is 19.4. The lowest BCUT2D eigenvalue weighted by Gasteiger charge is -2.18. The number of hydrogen-bond acceptors (Lipinski definition) is 5. The second kappa shape index (κ2) is 4.78. The summed E-state index contributed by atoms with van der Waals surface area (Å²) < 4.78 is 37.8. The smallest absolute Gasteiger partial charge is 0.433 e. The van der Waals surface area contributed by atoms with Crippen LogP contribution in [0.2, 0.25) is 0 Å². The van der Waals surface area contributed by atoms with Crippen LogP contribution in [0.4, 0.5) is 19.0 Å². The number of halogens is 3. The van der Waals surface area contributed by atoms with E-state index in [4.69, 9.17) is 15.9 Å². The summed E-state index contributed by atoms with van der Waals surface area (Å²) in [5, 5.41) is 26.8. The number of rotatable bonds is 3. The number of carboxylic acid groups (broad SMARTS) is 1. The van der Waals surface area contributed by atoms with Crippen LogP contribution in [0.5, 0.6) is 0 Å². The number of nitrogen functional groups attached to an aromatic ring is 1. The molecule has 1 aromatic heterocycles. The van der Waals surface area contributed by atoms with E-state index in [9.17, 15) is 23.1 Å². The van der Waals surface area contributed by atoms with Gasteiger partial charge in [0.2, 0.25) is 0 Å². The molecule has 100 valence electrons. The van der Waals surface area contributed by atoms with Crippen LogP contribution in [0.1, 0.15) is 17.4 Å². The second-order valence-corrected chi connectivity index (χ2v) is 3.40. The molecular weight excluding hydrogens is 257 g/mol. The number of carboxylic acids is 1. The fourth-order valence-corrected chi connectivity index (χ4v) is 1.26. The lowest BCUT2D eigenvalue weighted by atomic mass is 10.0. The Morgan fingerprint density at radius 3 is 2.33 bits per heavy atom. The topological polar surface area (TPSA) is 117 Å². The number of aromatic nitrogens is 1. The van der Waals surface area contributed by atoms with Crippen molar-refractivity contribution in [3.05, 3.63) is 23.4 Å². The first kappa shape index (κ1) is 14.2. The molecule has 0 radical (unpaired) electrons. The molecule has 2 unspecified atom stereocenters. The molecule has 1 heterocycles. The Bertz CT molecular complexity index is 464. The number of aliphatic hydroxyl groups is 2. The Hall–Kier alpha value is -1.87. The van der Waals surface area contributed by atoms with Gasteiger partial charge in [-0.2, -0.15) is 13.2 Å². The van der Waals surface area contributed by atoms with Crippen molar-refractivity contribution >= 4 is 11.8 Å². The van der Waals surface area contributed by atoms with Crippen molar-refractivity contribution in [2.75, 3.05) is 5.73 Å². The normalized spacial score (nSPS) is 15.2. The van der Waals surface area contributed by atoms with Crippen molar-refractivity contribution < 1.29 is 33.3 Å². The minimum Gasteiger partial charge on any atom is -0.479 e. The van der Waals surface area contributed by atoms with Crippen LogP contribution >= 0.6 is 0 Å². The van der Waals surface area contributed by atoms with E-state index in [0.717, 1.165) is 12.1 Å². The number of alkyl halides is 3. The zero-order valence-corrected chi connectivity index (χ0v) is 8.72. The van der Waals surface area contributed by atoms with E-state index >= 15 is 0 Å². The van der Waals surface area contributed by atoms with Crippen molar-refractivity contribution in [2.45, 2.75) is 18.4 Å². The van der Waals surface area contributed by atoms with Gasteiger partial charge in [0, 0.05) is 5.56 Å². The van der Waals surface area contributed by atoms with Crippen LogP contribution in [0, 0.1) is 0 Å². The average molecular weight is 266 g/mol. The molecule has 0 fully saturated rings. The molecule has 0 aliphatic heterocycles. The molecule has 0 aliphatic rings. The number of anilines is 1. The molecule has 6 nitrogen and oxygen atoms in total. The molecule has 0 spiro atoms. The van der Waals surface area contributed by atoms with E-state index in [2.05, 4.69) is 4.98 Å². The highest BCUT2D eigenvalue weighted by Crippen LogP contribution is 2.34. The number of aliphatic hydroxyl groups excluding tert-OH is 2. The van der Waals surface area contributed by atoms with Crippen LogP contribution in [0.15, 0.2) is 12.1 Å². The summed E-state index contributed by atoms with van der Waals surface area (Å²) in [6.07, 6.45) is -9.58. The van der Waals surface area contributed by atoms with Crippen molar-refractivity contribution in [3.63, 3.8) is 0 Å².